The van der Waals surface area contributed by atoms with Crippen molar-refractivity contribution in [2.75, 3.05) is 18.0 Å². The van der Waals surface area contributed by atoms with Crippen LogP contribution in [0.25, 0.3) is 0 Å². The topological polar surface area (TPSA) is 69.2 Å². The summed E-state index contributed by atoms with van der Waals surface area (Å²) in [5.41, 5.74) is -0.122. The van der Waals surface area contributed by atoms with Crippen molar-refractivity contribution >= 4 is 5.82 Å². The summed E-state index contributed by atoms with van der Waals surface area (Å²) in [6.45, 7) is 3.29. The van der Waals surface area contributed by atoms with Gasteiger partial charge in [0.2, 0.25) is 0 Å². The third kappa shape index (κ3) is 2.36. The van der Waals surface area contributed by atoms with Gasteiger partial charge in [-0.05, 0) is 19.8 Å². The minimum absolute atomic E-state index is 0.122. The fraction of sp³-hybridized carbons (Fsp3) is 0.600. The maximum atomic E-state index is 11.2. The molecule has 5 nitrogen and oxygen atoms in total. The Balaban J connectivity index is 2.19. The Hall–Kier alpha value is -1.36. The molecule has 1 saturated heterocycles. The number of aliphatic hydroxyl groups excluding tert-OH is 1. The molecule has 2 heterocycles. The molecule has 2 N–H and O–H groups in total. The zero-order valence-corrected chi connectivity index (χ0v) is 8.73. The van der Waals surface area contributed by atoms with E-state index in [-0.39, 0.29) is 11.7 Å². The number of rotatable bonds is 1. The molecule has 0 saturated carbocycles. The lowest BCUT2D eigenvalue weighted by Crippen LogP contribution is -2.37. The number of aryl methyl sites for hydroxylation is 1. The van der Waals surface area contributed by atoms with E-state index in [0.29, 0.717) is 11.6 Å². The molecule has 1 aromatic rings. The predicted molar refractivity (Wildman–Crippen MR) is 57.0 cm³/mol. The van der Waals surface area contributed by atoms with Crippen molar-refractivity contribution in [1.82, 2.24) is 9.97 Å². The van der Waals surface area contributed by atoms with Gasteiger partial charge in [-0.1, -0.05) is 0 Å². The van der Waals surface area contributed by atoms with Crippen molar-refractivity contribution in [2.24, 2.45) is 0 Å². The van der Waals surface area contributed by atoms with Crippen LogP contribution in [0.1, 0.15) is 18.7 Å². The number of nitrogens with zero attached hydrogens (tertiary/aromatic N) is 2. The lowest BCUT2D eigenvalue weighted by atomic mass is 10.1. The van der Waals surface area contributed by atoms with Gasteiger partial charge in [-0.3, -0.25) is 4.79 Å². The molecular formula is C10H15N3O2. The van der Waals surface area contributed by atoms with Gasteiger partial charge in [0, 0.05) is 19.2 Å². The average Bonchev–Trinajstić information content (AvgIpc) is 2.17. The first-order valence-electron chi connectivity index (χ1n) is 5.16. The summed E-state index contributed by atoms with van der Waals surface area (Å²) in [7, 11) is 0. The maximum Gasteiger partial charge on any atom is 0.252 e. The van der Waals surface area contributed by atoms with Gasteiger partial charge in [0.15, 0.2) is 0 Å². The van der Waals surface area contributed by atoms with Crippen LogP contribution in [0, 0.1) is 6.92 Å². The predicted octanol–water partition coefficient (Wildman–Crippen LogP) is 0.0394. The molecule has 1 aromatic heterocycles. The molecule has 0 radical (unpaired) electrons. The molecule has 0 unspecified atom stereocenters. The van der Waals surface area contributed by atoms with Crippen LogP contribution >= 0.6 is 0 Å². The Morgan fingerprint density at radius 2 is 2.20 bits per heavy atom. The fourth-order valence-electron chi connectivity index (χ4n) is 1.82. The van der Waals surface area contributed by atoms with Crippen molar-refractivity contribution in [1.29, 1.82) is 0 Å². The van der Waals surface area contributed by atoms with Gasteiger partial charge in [-0.25, -0.2) is 4.98 Å². The van der Waals surface area contributed by atoms with Crippen LogP contribution in [-0.4, -0.2) is 34.3 Å². The second-order valence-corrected chi connectivity index (χ2v) is 3.91. The van der Waals surface area contributed by atoms with E-state index in [9.17, 15) is 9.90 Å². The highest BCUT2D eigenvalue weighted by molar-refractivity contribution is 5.37. The molecule has 1 aliphatic heterocycles. The second-order valence-electron chi connectivity index (χ2n) is 3.91. The summed E-state index contributed by atoms with van der Waals surface area (Å²) in [5, 5.41) is 9.37. The molecule has 0 atom stereocenters. The second kappa shape index (κ2) is 4.02. The van der Waals surface area contributed by atoms with Gasteiger partial charge >= 0.3 is 0 Å². The van der Waals surface area contributed by atoms with E-state index < -0.39 is 0 Å². The number of hydrogen-bond acceptors (Lipinski definition) is 4. The highest BCUT2D eigenvalue weighted by Crippen LogP contribution is 2.16. The van der Waals surface area contributed by atoms with Crippen LogP contribution in [0.15, 0.2) is 10.9 Å². The first kappa shape index (κ1) is 10.2. The molecule has 5 heteroatoms. The number of aliphatic hydroxyl groups is 1. The quantitative estimate of drug-likeness (QED) is 0.685. The molecule has 1 aliphatic rings. The molecule has 82 valence electrons. The fourth-order valence-corrected chi connectivity index (χ4v) is 1.82. The number of nitrogens with one attached hydrogen (secondary N) is 1. The number of anilines is 1. The Morgan fingerprint density at radius 1 is 1.53 bits per heavy atom. The van der Waals surface area contributed by atoms with Crippen LogP contribution in [0.5, 0.6) is 0 Å². The van der Waals surface area contributed by atoms with Crippen molar-refractivity contribution in [3.05, 3.63) is 22.2 Å². The summed E-state index contributed by atoms with van der Waals surface area (Å²) in [5.74, 6) is 1.34. The van der Waals surface area contributed by atoms with Gasteiger partial charge < -0.3 is 15.0 Å². The van der Waals surface area contributed by atoms with Crippen LogP contribution in [0.3, 0.4) is 0 Å². The molecule has 1 fully saturated rings. The van der Waals surface area contributed by atoms with E-state index in [1.165, 1.54) is 6.07 Å². The van der Waals surface area contributed by atoms with E-state index in [0.717, 1.165) is 25.9 Å². The number of aromatic nitrogens is 2. The van der Waals surface area contributed by atoms with Crippen molar-refractivity contribution in [3.63, 3.8) is 0 Å². The van der Waals surface area contributed by atoms with Crippen LogP contribution in [0.2, 0.25) is 0 Å². The first-order chi connectivity index (χ1) is 7.15. The Morgan fingerprint density at radius 3 is 2.80 bits per heavy atom. The smallest absolute Gasteiger partial charge is 0.252 e. The highest BCUT2D eigenvalue weighted by Gasteiger charge is 2.18. The van der Waals surface area contributed by atoms with Crippen molar-refractivity contribution in [2.45, 2.75) is 25.9 Å². The van der Waals surface area contributed by atoms with Gasteiger partial charge in [0.1, 0.15) is 11.6 Å². The van der Waals surface area contributed by atoms with Gasteiger partial charge in [0.05, 0.1) is 6.10 Å². The van der Waals surface area contributed by atoms with E-state index in [1.54, 1.807) is 6.92 Å². The van der Waals surface area contributed by atoms with Crippen molar-refractivity contribution in [3.8, 4) is 0 Å². The third-order valence-corrected chi connectivity index (χ3v) is 2.64. The van der Waals surface area contributed by atoms with Gasteiger partial charge in [-0.2, -0.15) is 0 Å². The van der Waals surface area contributed by atoms with E-state index in [1.807, 2.05) is 4.90 Å². The Bertz CT molecular complexity index is 394. The number of piperidine rings is 1. The SMILES string of the molecule is Cc1nc(N2CCC(O)CC2)cc(=O)[nH]1. The summed E-state index contributed by atoms with van der Waals surface area (Å²) in [4.78, 5) is 20.2. The Labute approximate surface area is 87.8 Å². The normalized spacial score (nSPS) is 18.1. The molecule has 15 heavy (non-hydrogen) atoms. The number of aromatic amines is 1. The van der Waals surface area contributed by atoms with Crippen molar-refractivity contribution < 1.29 is 5.11 Å². The van der Waals surface area contributed by atoms with Crippen LogP contribution in [-0.2, 0) is 0 Å². The zero-order chi connectivity index (χ0) is 10.8. The minimum Gasteiger partial charge on any atom is -0.393 e. The van der Waals surface area contributed by atoms with Crippen LogP contribution < -0.4 is 10.5 Å². The van der Waals surface area contributed by atoms with Crippen LogP contribution in [0.4, 0.5) is 5.82 Å². The monoisotopic (exact) mass is 209 g/mol. The molecule has 0 amide bonds. The highest BCUT2D eigenvalue weighted by atomic mass is 16.3. The molecular weight excluding hydrogens is 194 g/mol. The summed E-state index contributed by atoms with van der Waals surface area (Å²) in [6, 6.07) is 1.50. The lowest BCUT2D eigenvalue weighted by Gasteiger charge is -2.30. The first-order valence-corrected chi connectivity index (χ1v) is 5.16. The lowest BCUT2D eigenvalue weighted by molar-refractivity contribution is 0.145. The Kier molecular flexibility index (Phi) is 2.73. The molecule has 0 bridgehead atoms. The summed E-state index contributed by atoms with van der Waals surface area (Å²) < 4.78 is 0. The molecule has 0 aliphatic carbocycles. The summed E-state index contributed by atoms with van der Waals surface area (Å²) in [6.07, 6.45) is 1.28. The zero-order valence-electron chi connectivity index (χ0n) is 8.73. The number of hydrogen-bond donors (Lipinski definition) is 2. The van der Waals surface area contributed by atoms with E-state index in [4.69, 9.17) is 0 Å². The molecule has 2 rings (SSSR count). The van der Waals surface area contributed by atoms with E-state index >= 15 is 0 Å². The molecule has 0 spiro atoms. The maximum absolute atomic E-state index is 11.2. The standard InChI is InChI=1S/C10H15N3O2/c1-7-11-9(6-10(15)12-7)13-4-2-8(14)3-5-13/h6,8,14H,2-5H2,1H3,(H,11,12,15). The van der Waals surface area contributed by atoms with E-state index in [2.05, 4.69) is 9.97 Å². The third-order valence-electron chi connectivity index (χ3n) is 2.64. The van der Waals surface area contributed by atoms with Gasteiger partial charge in [-0.15, -0.1) is 0 Å². The largest absolute Gasteiger partial charge is 0.393 e. The average molecular weight is 209 g/mol. The molecule has 0 aromatic carbocycles. The summed E-state index contributed by atoms with van der Waals surface area (Å²) >= 11 is 0. The number of H-pyrrole nitrogens is 1. The minimum atomic E-state index is -0.204. The van der Waals surface area contributed by atoms with Gasteiger partial charge in [0.25, 0.3) is 5.56 Å².